The van der Waals surface area contributed by atoms with Crippen molar-refractivity contribution in [2.75, 3.05) is 5.75 Å². The van der Waals surface area contributed by atoms with Crippen LogP contribution in [0.2, 0.25) is 0 Å². The van der Waals surface area contributed by atoms with Crippen molar-refractivity contribution in [2.24, 2.45) is 11.8 Å². The van der Waals surface area contributed by atoms with E-state index in [9.17, 15) is 14.7 Å². The van der Waals surface area contributed by atoms with Crippen LogP contribution in [-0.4, -0.2) is 33.0 Å². The van der Waals surface area contributed by atoms with Crippen molar-refractivity contribution >= 4 is 23.6 Å². The first-order valence-electron chi connectivity index (χ1n) is 9.54. The fourth-order valence-electron chi connectivity index (χ4n) is 5.07. The number of carboxylic acid groups (broad SMARTS) is 1. The summed E-state index contributed by atoms with van der Waals surface area (Å²) in [4.78, 5) is 26.3. The van der Waals surface area contributed by atoms with E-state index in [4.69, 9.17) is 0 Å². The molecule has 1 saturated carbocycles. The molecule has 1 N–H and O–H groups in total. The van der Waals surface area contributed by atoms with Gasteiger partial charge in [0.05, 0.1) is 11.3 Å². The van der Waals surface area contributed by atoms with Crippen LogP contribution in [0.4, 0.5) is 0 Å². The molecule has 2 unspecified atom stereocenters. The molecule has 5 rings (SSSR count). The molecule has 0 aromatic heterocycles. The van der Waals surface area contributed by atoms with Gasteiger partial charge in [0, 0.05) is 11.2 Å². The predicted molar refractivity (Wildman–Crippen MR) is 109 cm³/mol. The predicted octanol–water partition coefficient (Wildman–Crippen LogP) is 3.88. The lowest BCUT2D eigenvalue weighted by molar-refractivity contribution is -0.153. The molecule has 3 atom stereocenters. The number of hydrogen-bond acceptors (Lipinski definition) is 3. The minimum absolute atomic E-state index is 0.0345. The van der Waals surface area contributed by atoms with Crippen molar-refractivity contribution in [3.63, 3.8) is 0 Å². The van der Waals surface area contributed by atoms with E-state index < -0.39 is 5.97 Å². The van der Waals surface area contributed by atoms with E-state index in [1.54, 1.807) is 11.8 Å². The van der Waals surface area contributed by atoms with Gasteiger partial charge in [-0.3, -0.25) is 9.69 Å². The Kier molecular flexibility index (Phi) is 3.91. The van der Waals surface area contributed by atoms with E-state index in [0.29, 0.717) is 5.75 Å². The number of carbonyl (C=O) groups excluding carboxylic acids is 1. The van der Waals surface area contributed by atoms with E-state index in [-0.39, 0.29) is 34.2 Å². The van der Waals surface area contributed by atoms with E-state index in [1.165, 1.54) is 16.0 Å². The molecule has 142 valence electrons. The fraction of sp³-hybridized carbons (Fsp3) is 0.304. The molecule has 4 nitrogen and oxygen atoms in total. The molecule has 5 heteroatoms. The number of thioether (sulfide) groups is 1. The number of fused-ring (bicyclic) bond motifs is 1. The van der Waals surface area contributed by atoms with E-state index in [1.807, 2.05) is 43.3 Å². The molecule has 2 heterocycles. The summed E-state index contributed by atoms with van der Waals surface area (Å²) in [6.07, 6.45) is 0.924. The highest BCUT2D eigenvalue weighted by Gasteiger charge is 2.68. The maximum absolute atomic E-state index is 13.1. The third-order valence-corrected chi connectivity index (χ3v) is 7.87. The van der Waals surface area contributed by atoms with Crippen LogP contribution in [0.1, 0.15) is 24.5 Å². The summed E-state index contributed by atoms with van der Waals surface area (Å²) >= 11 is 1.70. The van der Waals surface area contributed by atoms with Crippen LogP contribution in [-0.2, 0) is 15.0 Å². The Hall–Kier alpha value is -2.53. The van der Waals surface area contributed by atoms with Gasteiger partial charge in [0.2, 0.25) is 5.91 Å². The Labute approximate surface area is 168 Å². The first-order valence-corrected chi connectivity index (χ1v) is 10.6. The number of rotatable bonds is 4. The average Bonchev–Trinajstić information content (AvgIpc) is 3.45. The number of benzene rings is 2. The lowest BCUT2D eigenvalue weighted by atomic mass is 9.79. The van der Waals surface area contributed by atoms with Crippen molar-refractivity contribution in [3.8, 4) is 0 Å². The maximum atomic E-state index is 13.1. The standard InChI is InChI=1S/C23H21NO3S/c1-14-13-28-21-18(20(25)24(21)19(14)22(26)27)17-12-23(17,15-8-4-2-5-9-15)16-10-6-3-7-11-16/h2-11,17-18,21H,12-13H2,1H3,(H,26,27)/t17?,18?,21-/m0/s1. The van der Waals surface area contributed by atoms with Crippen molar-refractivity contribution < 1.29 is 14.7 Å². The molecule has 2 aromatic carbocycles. The summed E-state index contributed by atoms with van der Waals surface area (Å²) in [7, 11) is 0. The molecule has 0 bridgehead atoms. The van der Waals surface area contributed by atoms with Crippen LogP contribution in [0, 0.1) is 11.8 Å². The van der Waals surface area contributed by atoms with Crippen LogP contribution in [0.5, 0.6) is 0 Å². The Morgan fingerprint density at radius 3 is 2.18 bits per heavy atom. The number of nitrogens with zero attached hydrogens (tertiary/aromatic N) is 1. The van der Waals surface area contributed by atoms with Gasteiger partial charge >= 0.3 is 5.97 Å². The zero-order valence-electron chi connectivity index (χ0n) is 15.5. The summed E-state index contributed by atoms with van der Waals surface area (Å²) in [6, 6.07) is 20.8. The number of carbonyl (C=O) groups is 2. The summed E-state index contributed by atoms with van der Waals surface area (Å²) in [6.45, 7) is 1.81. The van der Waals surface area contributed by atoms with Crippen LogP contribution in [0.15, 0.2) is 71.9 Å². The summed E-state index contributed by atoms with van der Waals surface area (Å²) in [5.74, 6) is -0.293. The van der Waals surface area contributed by atoms with E-state index >= 15 is 0 Å². The second-order valence-corrected chi connectivity index (χ2v) is 8.99. The molecular formula is C23H21NO3S. The number of amides is 1. The fourth-order valence-corrected chi connectivity index (χ4v) is 6.50. The summed E-state index contributed by atoms with van der Waals surface area (Å²) in [5.41, 5.74) is 3.28. The number of carboxylic acids is 1. The number of β-lactam (4-membered cyclic amide) rings is 1. The average molecular weight is 391 g/mol. The van der Waals surface area contributed by atoms with Gasteiger partial charge in [0.25, 0.3) is 0 Å². The van der Waals surface area contributed by atoms with E-state index in [2.05, 4.69) is 24.3 Å². The SMILES string of the molecule is CC1=C(C(=O)O)N2C(=O)C(C3CC3(c3ccccc3)c3ccccc3)[C@@H]2SC1. The minimum Gasteiger partial charge on any atom is -0.477 e. The normalized spacial score (nSPS) is 27.8. The molecule has 3 aliphatic rings. The van der Waals surface area contributed by atoms with Gasteiger partial charge in [-0.15, -0.1) is 11.8 Å². The molecule has 2 aliphatic heterocycles. The highest BCUT2D eigenvalue weighted by Crippen LogP contribution is 2.66. The second kappa shape index (κ2) is 6.24. The molecular weight excluding hydrogens is 370 g/mol. The lowest BCUT2D eigenvalue weighted by Crippen LogP contribution is -2.62. The van der Waals surface area contributed by atoms with Crippen LogP contribution >= 0.6 is 11.8 Å². The second-order valence-electron chi connectivity index (χ2n) is 7.88. The van der Waals surface area contributed by atoms with Crippen molar-refractivity contribution in [1.29, 1.82) is 0 Å². The van der Waals surface area contributed by atoms with Gasteiger partial charge in [-0.05, 0) is 36.0 Å². The third-order valence-electron chi connectivity index (χ3n) is 6.43. The van der Waals surface area contributed by atoms with Crippen LogP contribution < -0.4 is 0 Å². The first-order chi connectivity index (χ1) is 13.6. The Balaban J connectivity index is 1.52. The molecule has 2 aromatic rings. The van der Waals surface area contributed by atoms with Crippen LogP contribution in [0.3, 0.4) is 0 Å². The monoisotopic (exact) mass is 391 g/mol. The third kappa shape index (κ3) is 2.32. The summed E-state index contributed by atoms with van der Waals surface area (Å²) in [5, 5.41) is 9.52. The Bertz CT molecular complexity index is 946. The van der Waals surface area contributed by atoms with Crippen molar-refractivity contribution in [1.82, 2.24) is 4.90 Å². The first kappa shape index (κ1) is 17.6. The highest BCUT2D eigenvalue weighted by molar-refractivity contribution is 8.00. The van der Waals surface area contributed by atoms with Gasteiger partial charge in [0.15, 0.2) is 0 Å². The molecule has 0 spiro atoms. The van der Waals surface area contributed by atoms with Gasteiger partial charge in [-0.1, -0.05) is 60.7 Å². The highest BCUT2D eigenvalue weighted by atomic mass is 32.2. The molecule has 1 aliphatic carbocycles. The molecule has 2 fully saturated rings. The maximum Gasteiger partial charge on any atom is 0.352 e. The summed E-state index contributed by atoms with van der Waals surface area (Å²) < 4.78 is 0. The molecule has 0 radical (unpaired) electrons. The zero-order valence-corrected chi connectivity index (χ0v) is 16.4. The Morgan fingerprint density at radius 1 is 1.07 bits per heavy atom. The lowest BCUT2D eigenvalue weighted by Gasteiger charge is -2.50. The van der Waals surface area contributed by atoms with Gasteiger partial charge in [-0.2, -0.15) is 0 Å². The topological polar surface area (TPSA) is 57.6 Å². The smallest absolute Gasteiger partial charge is 0.352 e. The Morgan fingerprint density at radius 2 is 1.64 bits per heavy atom. The number of hydrogen-bond donors (Lipinski definition) is 1. The van der Waals surface area contributed by atoms with E-state index in [0.717, 1.165) is 12.0 Å². The van der Waals surface area contributed by atoms with Gasteiger partial charge < -0.3 is 5.11 Å². The minimum atomic E-state index is -0.997. The molecule has 1 saturated heterocycles. The van der Waals surface area contributed by atoms with Gasteiger partial charge in [0.1, 0.15) is 5.70 Å². The largest absolute Gasteiger partial charge is 0.477 e. The van der Waals surface area contributed by atoms with Crippen LogP contribution in [0.25, 0.3) is 0 Å². The van der Waals surface area contributed by atoms with Crippen molar-refractivity contribution in [3.05, 3.63) is 83.1 Å². The van der Waals surface area contributed by atoms with Gasteiger partial charge in [-0.25, -0.2) is 4.79 Å². The quantitative estimate of drug-likeness (QED) is 0.804. The van der Waals surface area contributed by atoms with Crippen molar-refractivity contribution in [2.45, 2.75) is 24.1 Å². The molecule has 1 amide bonds. The molecule has 28 heavy (non-hydrogen) atoms. The zero-order chi connectivity index (χ0) is 19.5. The number of aliphatic carboxylic acids is 1.